The Hall–Kier alpha value is -2.53. The molecule has 146 valence electrons. The first-order valence-corrected chi connectivity index (χ1v) is 10.1. The Labute approximate surface area is 165 Å². The van der Waals surface area contributed by atoms with Gasteiger partial charge < -0.3 is 14.7 Å². The highest BCUT2D eigenvalue weighted by molar-refractivity contribution is 5.95. The number of carbonyl (C=O) groups is 1. The van der Waals surface area contributed by atoms with Crippen molar-refractivity contribution in [2.45, 2.75) is 30.8 Å². The van der Waals surface area contributed by atoms with Gasteiger partial charge >= 0.3 is 0 Å². The SMILES string of the molecule is COc1ccc(C2CN(C(=O)c3ccc(O)cc3)C3C4CCN(CC4)C23)cc1. The second-order valence-corrected chi connectivity index (χ2v) is 8.24. The molecule has 2 aromatic carbocycles. The molecule has 1 amide bonds. The van der Waals surface area contributed by atoms with Crippen molar-refractivity contribution in [3.8, 4) is 11.5 Å². The summed E-state index contributed by atoms with van der Waals surface area (Å²) in [5.74, 6) is 2.04. The van der Waals surface area contributed by atoms with Crippen molar-refractivity contribution in [2.75, 3.05) is 26.7 Å². The van der Waals surface area contributed by atoms with Crippen molar-refractivity contribution in [1.29, 1.82) is 0 Å². The van der Waals surface area contributed by atoms with Crippen LogP contribution < -0.4 is 4.74 Å². The Morgan fingerprint density at radius 3 is 2.32 bits per heavy atom. The van der Waals surface area contributed by atoms with Gasteiger partial charge in [-0.15, -0.1) is 0 Å². The highest BCUT2D eigenvalue weighted by Gasteiger charge is 2.54. The van der Waals surface area contributed by atoms with E-state index in [2.05, 4.69) is 21.9 Å². The molecule has 4 saturated heterocycles. The van der Waals surface area contributed by atoms with Gasteiger partial charge in [0.1, 0.15) is 11.5 Å². The van der Waals surface area contributed by atoms with Crippen LogP contribution in [-0.4, -0.2) is 59.6 Å². The van der Waals surface area contributed by atoms with E-state index in [0.29, 0.717) is 23.4 Å². The first-order chi connectivity index (χ1) is 13.7. The summed E-state index contributed by atoms with van der Waals surface area (Å²) < 4.78 is 5.32. The number of methoxy groups -OCH3 is 1. The first kappa shape index (κ1) is 17.6. The second kappa shape index (κ2) is 6.82. The summed E-state index contributed by atoms with van der Waals surface area (Å²) in [6.07, 6.45) is 2.35. The highest BCUT2D eigenvalue weighted by Crippen LogP contribution is 2.47. The van der Waals surface area contributed by atoms with E-state index >= 15 is 0 Å². The zero-order valence-corrected chi connectivity index (χ0v) is 16.1. The van der Waals surface area contributed by atoms with E-state index in [9.17, 15) is 9.90 Å². The summed E-state index contributed by atoms with van der Waals surface area (Å²) in [7, 11) is 1.68. The molecule has 0 saturated carbocycles. The minimum atomic E-state index is 0.0831. The molecule has 1 N–H and O–H groups in total. The lowest BCUT2D eigenvalue weighted by Crippen LogP contribution is -2.60. The van der Waals surface area contributed by atoms with Gasteiger partial charge in [-0.05, 0) is 73.8 Å². The maximum atomic E-state index is 13.4. The summed E-state index contributed by atoms with van der Waals surface area (Å²) in [4.78, 5) is 18.1. The van der Waals surface area contributed by atoms with E-state index in [1.54, 1.807) is 31.4 Å². The van der Waals surface area contributed by atoms with Gasteiger partial charge in [-0.2, -0.15) is 0 Å². The quantitative estimate of drug-likeness (QED) is 0.892. The number of rotatable bonds is 3. The van der Waals surface area contributed by atoms with Gasteiger partial charge in [0.15, 0.2) is 0 Å². The Balaban J connectivity index is 1.49. The molecule has 4 fully saturated rings. The van der Waals surface area contributed by atoms with E-state index in [-0.39, 0.29) is 17.7 Å². The van der Waals surface area contributed by atoms with E-state index in [4.69, 9.17) is 4.74 Å². The molecule has 4 aliphatic heterocycles. The van der Waals surface area contributed by atoms with Crippen LogP contribution in [0, 0.1) is 5.92 Å². The predicted octanol–water partition coefficient (Wildman–Crippen LogP) is 3.10. The molecule has 28 heavy (non-hydrogen) atoms. The first-order valence-electron chi connectivity index (χ1n) is 10.1. The molecular weight excluding hydrogens is 352 g/mol. The van der Waals surface area contributed by atoms with E-state index in [0.717, 1.165) is 25.4 Å². The van der Waals surface area contributed by atoms with Crippen molar-refractivity contribution in [2.24, 2.45) is 5.92 Å². The van der Waals surface area contributed by atoms with Gasteiger partial charge in [-0.25, -0.2) is 0 Å². The van der Waals surface area contributed by atoms with Gasteiger partial charge in [-0.3, -0.25) is 9.69 Å². The van der Waals surface area contributed by atoms with E-state index in [1.807, 2.05) is 12.1 Å². The number of fused-ring (bicyclic) bond motifs is 2. The molecule has 4 heterocycles. The van der Waals surface area contributed by atoms with Crippen molar-refractivity contribution in [3.63, 3.8) is 0 Å². The molecule has 0 radical (unpaired) electrons. The molecular formula is C23H26N2O3. The Morgan fingerprint density at radius 2 is 1.68 bits per heavy atom. The van der Waals surface area contributed by atoms with Crippen LogP contribution in [-0.2, 0) is 0 Å². The third-order valence-corrected chi connectivity index (χ3v) is 6.91. The maximum absolute atomic E-state index is 13.4. The number of phenolic OH excluding ortho intramolecular Hbond substituents is 1. The fourth-order valence-electron chi connectivity index (χ4n) is 5.57. The molecule has 6 rings (SSSR count). The number of phenols is 1. The molecule has 5 nitrogen and oxygen atoms in total. The Kier molecular flexibility index (Phi) is 4.27. The molecule has 2 bridgehead atoms. The summed E-state index contributed by atoms with van der Waals surface area (Å²) >= 11 is 0. The molecule has 4 aliphatic rings. The number of likely N-dealkylation sites (tertiary alicyclic amines) is 1. The minimum absolute atomic E-state index is 0.0831. The molecule has 3 unspecified atom stereocenters. The molecule has 2 aromatic rings. The zero-order valence-electron chi connectivity index (χ0n) is 16.1. The van der Waals surface area contributed by atoms with Crippen LogP contribution in [0.3, 0.4) is 0 Å². The van der Waals surface area contributed by atoms with Gasteiger partial charge in [0.25, 0.3) is 5.91 Å². The highest BCUT2D eigenvalue weighted by atomic mass is 16.5. The van der Waals surface area contributed by atoms with Crippen LogP contribution in [0.2, 0.25) is 0 Å². The normalized spacial score (nSPS) is 30.9. The number of piperidine rings is 3. The monoisotopic (exact) mass is 378 g/mol. The zero-order chi connectivity index (χ0) is 19.3. The van der Waals surface area contributed by atoms with Gasteiger partial charge in [-0.1, -0.05) is 12.1 Å². The maximum Gasteiger partial charge on any atom is 0.254 e. The van der Waals surface area contributed by atoms with Crippen molar-refractivity contribution >= 4 is 5.91 Å². The van der Waals surface area contributed by atoms with Crippen LogP contribution in [0.1, 0.15) is 34.7 Å². The summed E-state index contributed by atoms with van der Waals surface area (Å²) in [6, 6.07) is 15.7. The number of aromatic hydroxyl groups is 1. The van der Waals surface area contributed by atoms with Crippen LogP contribution in [0.4, 0.5) is 0 Å². The van der Waals surface area contributed by atoms with Crippen molar-refractivity contribution in [3.05, 3.63) is 59.7 Å². The lowest BCUT2D eigenvalue weighted by atomic mass is 9.75. The standard InChI is InChI=1S/C23H26N2O3/c1-28-19-8-4-15(5-9-19)20-14-25(23(27)17-2-6-18(26)7-3-17)21-16-10-12-24(13-11-16)22(20)21/h2-9,16,20-22,26H,10-14H2,1H3. The minimum Gasteiger partial charge on any atom is -0.508 e. The fraction of sp³-hybridized carbons (Fsp3) is 0.435. The molecule has 5 heteroatoms. The molecule has 0 spiro atoms. The molecule has 0 aliphatic carbocycles. The number of hydrogen-bond donors (Lipinski definition) is 1. The number of benzene rings is 2. The Morgan fingerprint density at radius 1 is 1.00 bits per heavy atom. The average molecular weight is 378 g/mol. The van der Waals surface area contributed by atoms with Gasteiger partial charge in [0, 0.05) is 24.1 Å². The van der Waals surface area contributed by atoms with Crippen molar-refractivity contribution in [1.82, 2.24) is 9.80 Å². The van der Waals surface area contributed by atoms with Crippen LogP contribution in [0.5, 0.6) is 11.5 Å². The van der Waals surface area contributed by atoms with Crippen LogP contribution in [0.15, 0.2) is 48.5 Å². The lowest BCUT2D eigenvalue weighted by Gasteiger charge is -2.51. The topological polar surface area (TPSA) is 53.0 Å². The summed E-state index contributed by atoms with van der Waals surface area (Å²) in [5, 5.41) is 9.57. The molecule has 3 atom stereocenters. The third-order valence-electron chi connectivity index (χ3n) is 6.91. The summed E-state index contributed by atoms with van der Waals surface area (Å²) in [6.45, 7) is 3.02. The van der Waals surface area contributed by atoms with Crippen molar-refractivity contribution < 1.29 is 14.6 Å². The number of ether oxygens (including phenoxy) is 1. The Bertz CT molecular complexity index is 856. The van der Waals surface area contributed by atoms with E-state index in [1.165, 1.54) is 18.4 Å². The number of nitrogens with zero attached hydrogens (tertiary/aromatic N) is 2. The smallest absolute Gasteiger partial charge is 0.254 e. The lowest BCUT2D eigenvalue weighted by molar-refractivity contribution is -0.00340. The predicted molar refractivity (Wildman–Crippen MR) is 107 cm³/mol. The second-order valence-electron chi connectivity index (χ2n) is 8.24. The average Bonchev–Trinajstić information content (AvgIpc) is 3.17. The van der Waals surface area contributed by atoms with Crippen LogP contribution in [0.25, 0.3) is 0 Å². The van der Waals surface area contributed by atoms with Crippen LogP contribution >= 0.6 is 0 Å². The van der Waals surface area contributed by atoms with Gasteiger partial charge in [0.2, 0.25) is 0 Å². The largest absolute Gasteiger partial charge is 0.508 e. The third kappa shape index (κ3) is 2.76. The number of carbonyl (C=O) groups excluding carboxylic acids is 1. The van der Waals surface area contributed by atoms with Gasteiger partial charge in [0.05, 0.1) is 13.2 Å². The van der Waals surface area contributed by atoms with E-state index < -0.39 is 0 Å². The fourth-order valence-corrected chi connectivity index (χ4v) is 5.57. The number of hydrogen-bond acceptors (Lipinski definition) is 4. The molecule has 0 aromatic heterocycles. The number of amides is 1. The summed E-state index contributed by atoms with van der Waals surface area (Å²) in [5.41, 5.74) is 1.94.